The van der Waals surface area contributed by atoms with Crippen molar-refractivity contribution < 1.29 is 22.7 Å². The molecule has 0 saturated carbocycles. The van der Waals surface area contributed by atoms with Gasteiger partial charge in [0.25, 0.3) is 0 Å². The van der Waals surface area contributed by atoms with E-state index < -0.39 is 12.2 Å². The van der Waals surface area contributed by atoms with E-state index in [2.05, 4.69) is 10.3 Å². The highest BCUT2D eigenvalue weighted by Crippen LogP contribution is 2.25. The first-order valence-electron chi connectivity index (χ1n) is 8.21. The van der Waals surface area contributed by atoms with Gasteiger partial charge in [0.1, 0.15) is 6.04 Å². The highest BCUT2D eigenvalue weighted by Gasteiger charge is 2.41. The van der Waals surface area contributed by atoms with Crippen LogP contribution in [-0.2, 0) is 9.53 Å². The molecule has 0 amide bonds. The molecule has 9 heteroatoms. The van der Waals surface area contributed by atoms with Crippen LogP contribution >= 0.6 is 0 Å². The number of hydrogen-bond acceptors (Lipinski definition) is 4. The van der Waals surface area contributed by atoms with E-state index in [4.69, 9.17) is 4.74 Å². The first-order chi connectivity index (χ1) is 11.3. The van der Waals surface area contributed by atoms with E-state index in [1.807, 2.05) is 4.90 Å². The average Bonchev–Trinajstić information content (AvgIpc) is 2.54. The summed E-state index contributed by atoms with van der Waals surface area (Å²) in [5.41, 5.74) is 0. The van der Waals surface area contributed by atoms with E-state index in [0.717, 1.165) is 0 Å². The SMILES string of the molecule is CCOC(=O)CCCNC(=NC)N1CCN(C(C)C(F)(F)F)CC1. The lowest BCUT2D eigenvalue weighted by atomic mass is 10.2. The molecule has 0 aromatic rings. The lowest BCUT2D eigenvalue weighted by Crippen LogP contribution is -2.56. The Labute approximate surface area is 141 Å². The van der Waals surface area contributed by atoms with E-state index in [9.17, 15) is 18.0 Å². The van der Waals surface area contributed by atoms with Gasteiger partial charge in [0.05, 0.1) is 6.61 Å². The molecular weight excluding hydrogens is 325 g/mol. The molecule has 0 radical (unpaired) electrons. The van der Waals surface area contributed by atoms with E-state index in [-0.39, 0.29) is 5.97 Å². The molecule has 0 spiro atoms. The third-order valence-corrected chi connectivity index (χ3v) is 3.99. The second kappa shape index (κ2) is 9.71. The Kier molecular flexibility index (Phi) is 8.30. The van der Waals surface area contributed by atoms with Crippen LogP contribution in [-0.4, -0.2) is 80.3 Å². The highest BCUT2D eigenvalue weighted by molar-refractivity contribution is 5.80. The van der Waals surface area contributed by atoms with Crippen molar-refractivity contribution in [3.8, 4) is 0 Å². The van der Waals surface area contributed by atoms with Crippen molar-refractivity contribution in [2.45, 2.75) is 38.9 Å². The van der Waals surface area contributed by atoms with Gasteiger partial charge in [-0.05, 0) is 20.3 Å². The van der Waals surface area contributed by atoms with Gasteiger partial charge in [0.15, 0.2) is 5.96 Å². The van der Waals surface area contributed by atoms with Crippen LogP contribution in [0, 0.1) is 0 Å². The van der Waals surface area contributed by atoms with Crippen molar-refractivity contribution in [3.63, 3.8) is 0 Å². The fraction of sp³-hybridized carbons (Fsp3) is 0.867. The molecule has 1 unspecified atom stereocenters. The van der Waals surface area contributed by atoms with Gasteiger partial charge in [-0.1, -0.05) is 0 Å². The smallest absolute Gasteiger partial charge is 0.403 e. The first-order valence-corrected chi connectivity index (χ1v) is 8.21. The van der Waals surface area contributed by atoms with Gasteiger partial charge >= 0.3 is 12.1 Å². The number of nitrogens with zero attached hydrogens (tertiary/aromatic N) is 3. The Morgan fingerprint density at radius 2 is 1.92 bits per heavy atom. The molecule has 0 bridgehead atoms. The number of alkyl halides is 3. The molecule has 1 rings (SSSR count). The number of ether oxygens (including phenoxy) is 1. The van der Waals surface area contributed by atoms with E-state index in [1.165, 1.54) is 11.8 Å². The summed E-state index contributed by atoms with van der Waals surface area (Å²) in [6.07, 6.45) is -3.26. The summed E-state index contributed by atoms with van der Waals surface area (Å²) in [6, 6.07) is -1.43. The molecule has 0 aliphatic carbocycles. The number of nitrogens with one attached hydrogen (secondary N) is 1. The van der Waals surface area contributed by atoms with E-state index in [1.54, 1.807) is 14.0 Å². The van der Waals surface area contributed by atoms with Crippen molar-refractivity contribution in [2.75, 3.05) is 46.4 Å². The van der Waals surface area contributed by atoms with Crippen LogP contribution in [0.2, 0.25) is 0 Å². The Balaban J connectivity index is 2.35. The van der Waals surface area contributed by atoms with Crippen molar-refractivity contribution in [1.29, 1.82) is 0 Å². The number of carbonyl (C=O) groups excluding carboxylic acids is 1. The zero-order valence-corrected chi connectivity index (χ0v) is 14.5. The van der Waals surface area contributed by atoms with Crippen molar-refractivity contribution in [1.82, 2.24) is 15.1 Å². The molecule has 140 valence electrons. The third kappa shape index (κ3) is 6.54. The summed E-state index contributed by atoms with van der Waals surface area (Å²) >= 11 is 0. The number of guanidine groups is 1. The molecule has 1 saturated heterocycles. The normalized spacial score (nSPS) is 18.4. The number of aliphatic imine (C=N–C) groups is 1. The van der Waals surface area contributed by atoms with Crippen LogP contribution in [0.15, 0.2) is 4.99 Å². The minimum atomic E-state index is -4.20. The molecule has 1 fully saturated rings. The van der Waals surface area contributed by atoms with Crippen LogP contribution in [0.4, 0.5) is 13.2 Å². The maximum absolute atomic E-state index is 12.8. The molecule has 1 heterocycles. The number of esters is 1. The van der Waals surface area contributed by atoms with Gasteiger partial charge in [-0.3, -0.25) is 14.7 Å². The predicted molar refractivity (Wildman–Crippen MR) is 85.9 cm³/mol. The number of halogens is 3. The van der Waals surface area contributed by atoms with Crippen LogP contribution in [0.1, 0.15) is 26.7 Å². The minimum Gasteiger partial charge on any atom is -0.466 e. The summed E-state index contributed by atoms with van der Waals surface area (Å²) in [4.78, 5) is 18.8. The molecule has 1 atom stereocenters. The molecule has 0 aromatic heterocycles. The lowest BCUT2D eigenvalue weighted by Gasteiger charge is -2.39. The number of carbonyl (C=O) groups is 1. The summed E-state index contributed by atoms with van der Waals surface area (Å²) in [6.45, 7) is 5.53. The van der Waals surface area contributed by atoms with Gasteiger partial charge in [-0.2, -0.15) is 13.2 Å². The zero-order chi connectivity index (χ0) is 18.2. The quantitative estimate of drug-likeness (QED) is 0.340. The number of piperazine rings is 1. The summed E-state index contributed by atoms with van der Waals surface area (Å²) in [5.74, 6) is 0.419. The monoisotopic (exact) mass is 352 g/mol. The van der Waals surface area contributed by atoms with Gasteiger partial charge in [-0.25, -0.2) is 0 Å². The second-order valence-electron chi connectivity index (χ2n) is 5.62. The van der Waals surface area contributed by atoms with Crippen LogP contribution in [0.3, 0.4) is 0 Å². The Hall–Kier alpha value is -1.51. The fourth-order valence-corrected chi connectivity index (χ4v) is 2.53. The maximum atomic E-state index is 12.8. The van der Waals surface area contributed by atoms with Gasteiger partial charge in [0.2, 0.25) is 0 Å². The topological polar surface area (TPSA) is 57.2 Å². The van der Waals surface area contributed by atoms with Crippen LogP contribution in [0.5, 0.6) is 0 Å². The number of hydrogen-bond donors (Lipinski definition) is 1. The highest BCUT2D eigenvalue weighted by atomic mass is 19.4. The largest absolute Gasteiger partial charge is 0.466 e. The summed E-state index contributed by atoms with van der Waals surface area (Å²) in [5, 5.41) is 3.14. The Morgan fingerprint density at radius 1 is 1.29 bits per heavy atom. The van der Waals surface area contributed by atoms with E-state index in [0.29, 0.717) is 58.1 Å². The molecule has 1 N–H and O–H groups in total. The molecule has 1 aliphatic rings. The average molecular weight is 352 g/mol. The molecule has 6 nitrogen and oxygen atoms in total. The molecule has 24 heavy (non-hydrogen) atoms. The van der Waals surface area contributed by atoms with Crippen molar-refractivity contribution in [2.24, 2.45) is 4.99 Å². The Morgan fingerprint density at radius 3 is 2.42 bits per heavy atom. The van der Waals surface area contributed by atoms with Crippen molar-refractivity contribution in [3.05, 3.63) is 0 Å². The van der Waals surface area contributed by atoms with E-state index >= 15 is 0 Å². The van der Waals surface area contributed by atoms with Crippen molar-refractivity contribution >= 4 is 11.9 Å². The zero-order valence-electron chi connectivity index (χ0n) is 14.5. The molecule has 0 aromatic carbocycles. The van der Waals surface area contributed by atoms with Gasteiger partial charge in [0, 0.05) is 46.2 Å². The van der Waals surface area contributed by atoms with Crippen LogP contribution in [0.25, 0.3) is 0 Å². The third-order valence-electron chi connectivity index (χ3n) is 3.99. The molecule has 1 aliphatic heterocycles. The predicted octanol–water partition coefficient (Wildman–Crippen LogP) is 1.47. The lowest BCUT2D eigenvalue weighted by molar-refractivity contribution is -0.181. The molecular formula is C15H27F3N4O2. The number of rotatable bonds is 6. The first kappa shape index (κ1) is 20.5. The maximum Gasteiger partial charge on any atom is 0.403 e. The fourth-order valence-electron chi connectivity index (χ4n) is 2.53. The Bertz CT molecular complexity index is 421. The van der Waals surface area contributed by atoms with Gasteiger partial charge < -0.3 is 15.0 Å². The standard InChI is InChI=1S/C15H27F3N4O2/c1-4-24-13(23)6-5-7-20-14(19-3)22-10-8-21(9-11-22)12(2)15(16,17)18/h12H,4-11H2,1-3H3,(H,19,20). The minimum absolute atomic E-state index is 0.232. The van der Waals surface area contributed by atoms with Gasteiger partial charge in [-0.15, -0.1) is 0 Å². The second-order valence-corrected chi connectivity index (χ2v) is 5.62. The van der Waals surface area contributed by atoms with Crippen LogP contribution < -0.4 is 5.32 Å². The summed E-state index contributed by atoms with van der Waals surface area (Å²) in [7, 11) is 1.64. The summed E-state index contributed by atoms with van der Waals surface area (Å²) < 4.78 is 43.1.